The molecule has 0 radical (unpaired) electrons. The lowest BCUT2D eigenvalue weighted by Crippen LogP contribution is -2.18. The standard InChI is InChI=1S/C50H37NO/c1-49(2)38-24-12-9-21-36(38)44-41(28-30-16-5-7-18-32(30)46(44)49)51(40-26-15-23-35-34-20-11-14-27-43(34)52-48(35)40)42-29-31-17-6-8-19-33(31)47-45(42)37-22-10-13-25-39(37)50(47,3)4/h5-29H,1-4H3. The van der Waals surface area contributed by atoms with Crippen LogP contribution in [-0.4, -0.2) is 0 Å². The largest absolute Gasteiger partial charge is 0.454 e. The summed E-state index contributed by atoms with van der Waals surface area (Å²) in [5.74, 6) is 0. The fourth-order valence-electron chi connectivity index (χ4n) is 9.92. The first-order valence-electron chi connectivity index (χ1n) is 18.4. The van der Waals surface area contributed by atoms with E-state index in [0.29, 0.717) is 0 Å². The Morgan fingerprint density at radius 3 is 1.46 bits per heavy atom. The van der Waals surface area contributed by atoms with Crippen molar-refractivity contribution >= 4 is 60.5 Å². The number of hydrogen-bond acceptors (Lipinski definition) is 2. The van der Waals surface area contributed by atoms with Crippen LogP contribution in [0.15, 0.2) is 156 Å². The molecule has 2 heteroatoms. The van der Waals surface area contributed by atoms with Crippen molar-refractivity contribution in [2.75, 3.05) is 4.90 Å². The number of rotatable bonds is 3. The van der Waals surface area contributed by atoms with Gasteiger partial charge in [-0.05, 0) is 79.2 Å². The lowest BCUT2D eigenvalue weighted by molar-refractivity contribution is 0.666. The second-order valence-electron chi connectivity index (χ2n) is 15.7. The quantitative estimate of drug-likeness (QED) is 0.186. The molecule has 0 unspecified atom stereocenters. The van der Waals surface area contributed by atoms with E-state index in [1.807, 2.05) is 0 Å². The van der Waals surface area contributed by atoms with Crippen LogP contribution < -0.4 is 4.90 Å². The van der Waals surface area contributed by atoms with Crippen molar-refractivity contribution in [3.63, 3.8) is 0 Å². The maximum atomic E-state index is 6.90. The summed E-state index contributed by atoms with van der Waals surface area (Å²) in [6.45, 7) is 9.57. The van der Waals surface area contributed by atoms with Crippen LogP contribution in [0.1, 0.15) is 49.9 Å². The lowest BCUT2D eigenvalue weighted by Gasteiger charge is -2.32. The molecule has 0 atom stereocenters. The van der Waals surface area contributed by atoms with E-state index in [4.69, 9.17) is 4.42 Å². The minimum Gasteiger partial charge on any atom is -0.454 e. The average molecular weight is 668 g/mol. The van der Waals surface area contributed by atoms with Crippen molar-refractivity contribution in [2.45, 2.75) is 38.5 Å². The van der Waals surface area contributed by atoms with E-state index in [1.54, 1.807) is 0 Å². The van der Waals surface area contributed by atoms with Crippen molar-refractivity contribution in [2.24, 2.45) is 0 Å². The summed E-state index contributed by atoms with van der Waals surface area (Å²) in [5.41, 5.74) is 15.4. The maximum Gasteiger partial charge on any atom is 0.159 e. The molecule has 8 aromatic carbocycles. The summed E-state index contributed by atoms with van der Waals surface area (Å²) in [7, 11) is 0. The van der Waals surface area contributed by atoms with Crippen molar-refractivity contribution < 1.29 is 4.42 Å². The van der Waals surface area contributed by atoms with Gasteiger partial charge in [-0.1, -0.05) is 155 Å². The topological polar surface area (TPSA) is 16.4 Å². The van der Waals surface area contributed by atoms with E-state index >= 15 is 0 Å². The van der Waals surface area contributed by atoms with Gasteiger partial charge in [0, 0.05) is 32.7 Å². The molecule has 0 fully saturated rings. The first kappa shape index (κ1) is 29.6. The molecule has 0 saturated heterocycles. The SMILES string of the molecule is CC1(C)c2ccccc2-c2c(N(c3cc4ccccc4c4c3-c3ccccc3C4(C)C)c3cccc4c3oc3ccccc34)cc3ccccc3c21. The van der Waals surface area contributed by atoms with Gasteiger partial charge in [-0.3, -0.25) is 0 Å². The smallest absolute Gasteiger partial charge is 0.159 e. The first-order chi connectivity index (χ1) is 25.3. The van der Waals surface area contributed by atoms with Gasteiger partial charge >= 0.3 is 0 Å². The van der Waals surface area contributed by atoms with Gasteiger partial charge in [0.1, 0.15) is 5.58 Å². The molecule has 0 spiro atoms. The Morgan fingerprint density at radius 2 is 0.885 bits per heavy atom. The van der Waals surface area contributed by atoms with Crippen LogP contribution in [0.2, 0.25) is 0 Å². The Hall–Kier alpha value is -6.12. The fraction of sp³-hybridized carbons (Fsp3) is 0.120. The van der Waals surface area contributed by atoms with Crippen LogP contribution in [0.5, 0.6) is 0 Å². The second-order valence-corrected chi connectivity index (χ2v) is 15.7. The molecule has 1 heterocycles. The van der Waals surface area contributed by atoms with E-state index < -0.39 is 0 Å². The van der Waals surface area contributed by atoms with Gasteiger partial charge in [0.25, 0.3) is 0 Å². The zero-order chi connectivity index (χ0) is 34.9. The molecule has 11 rings (SSSR count). The van der Waals surface area contributed by atoms with Crippen molar-refractivity contribution in [3.8, 4) is 22.3 Å². The Kier molecular flexibility index (Phi) is 5.83. The van der Waals surface area contributed by atoms with Gasteiger partial charge in [0.2, 0.25) is 0 Å². The molecule has 52 heavy (non-hydrogen) atoms. The van der Waals surface area contributed by atoms with Crippen LogP contribution in [0, 0.1) is 0 Å². The summed E-state index contributed by atoms with van der Waals surface area (Å²) < 4.78 is 6.90. The Labute approximate surface area is 303 Å². The predicted octanol–water partition coefficient (Wildman–Crippen LogP) is 14.0. The zero-order valence-corrected chi connectivity index (χ0v) is 29.8. The molecule has 0 saturated carbocycles. The van der Waals surface area contributed by atoms with Crippen molar-refractivity contribution in [1.82, 2.24) is 0 Å². The number of hydrogen-bond donors (Lipinski definition) is 0. The highest BCUT2D eigenvalue weighted by molar-refractivity contribution is 6.15. The number of benzene rings is 8. The van der Waals surface area contributed by atoms with Gasteiger partial charge in [0.05, 0.1) is 17.1 Å². The van der Waals surface area contributed by atoms with E-state index in [1.165, 1.54) is 77.4 Å². The number of anilines is 3. The lowest BCUT2D eigenvalue weighted by atomic mass is 9.79. The molecule has 0 amide bonds. The monoisotopic (exact) mass is 667 g/mol. The number of para-hydroxylation sites is 2. The van der Waals surface area contributed by atoms with Crippen molar-refractivity contribution in [3.05, 3.63) is 174 Å². The zero-order valence-electron chi connectivity index (χ0n) is 29.8. The van der Waals surface area contributed by atoms with Crippen LogP contribution in [-0.2, 0) is 10.8 Å². The Balaban J connectivity index is 1.37. The second kappa shape index (κ2) is 10.2. The summed E-state index contributed by atoms with van der Waals surface area (Å²) >= 11 is 0. The third-order valence-electron chi connectivity index (χ3n) is 12.2. The normalized spacial score (nSPS) is 14.8. The van der Waals surface area contributed by atoms with Crippen LogP contribution >= 0.6 is 0 Å². The first-order valence-corrected chi connectivity index (χ1v) is 18.4. The molecular formula is C50H37NO. The highest BCUT2D eigenvalue weighted by Gasteiger charge is 2.43. The summed E-state index contributed by atoms with van der Waals surface area (Å²) in [6, 6.07) is 55.9. The summed E-state index contributed by atoms with van der Waals surface area (Å²) in [5, 5.41) is 7.33. The number of nitrogens with zero attached hydrogens (tertiary/aromatic N) is 1. The molecule has 9 aromatic rings. The molecular weight excluding hydrogens is 631 g/mol. The molecule has 0 N–H and O–H groups in total. The summed E-state index contributed by atoms with van der Waals surface area (Å²) in [6.07, 6.45) is 0. The molecule has 248 valence electrons. The molecule has 2 aliphatic carbocycles. The van der Waals surface area contributed by atoms with Gasteiger partial charge in [-0.2, -0.15) is 0 Å². The van der Waals surface area contributed by atoms with E-state index in [-0.39, 0.29) is 10.8 Å². The van der Waals surface area contributed by atoms with Crippen LogP contribution in [0.25, 0.3) is 65.7 Å². The highest BCUT2D eigenvalue weighted by atomic mass is 16.3. The minimum atomic E-state index is -0.196. The molecule has 0 aliphatic heterocycles. The van der Waals surface area contributed by atoms with E-state index in [0.717, 1.165) is 27.6 Å². The van der Waals surface area contributed by atoms with E-state index in [2.05, 4.69) is 184 Å². The third kappa shape index (κ3) is 3.74. The van der Waals surface area contributed by atoms with Gasteiger partial charge in [0.15, 0.2) is 5.58 Å². The highest BCUT2D eigenvalue weighted by Crippen LogP contribution is 2.61. The van der Waals surface area contributed by atoms with E-state index in [9.17, 15) is 0 Å². The Morgan fingerprint density at radius 1 is 0.423 bits per heavy atom. The molecule has 0 bridgehead atoms. The Bertz CT molecular complexity index is 2830. The van der Waals surface area contributed by atoms with Crippen molar-refractivity contribution in [1.29, 1.82) is 0 Å². The number of furan rings is 1. The van der Waals surface area contributed by atoms with Crippen LogP contribution in [0.4, 0.5) is 17.1 Å². The molecule has 2 nitrogen and oxygen atoms in total. The summed E-state index contributed by atoms with van der Waals surface area (Å²) in [4.78, 5) is 2.55. The maximum absolute atomic E-state index is 6.90. The van der Waals surface area contributed by atoms with Gasteiger partial charge in [-0.25, -0.2) is 0 Å². The van der Waals surface area contributed by atoms with Crippen LogP contribution in [0.3, 0.4) is 0 Å². The fourth-order valence-corrected chi connectivity index (χ4v) is 9.92. The number of fused-ring (bicyclic) bond motifs is 13. The third-order valence-corrected chi connectivity index (χ3v) is 12.2. The molecule has 1 aromatic heterocycles. The van der Waals surface area contributed by atoms with Gasteiger partial charge in [-0.15, -0.1) is 0 Å². The molecule has 2 aliphatic rings. The van der Waals surface area contributed by atoms with Gasteiger partial charge < -0.3 is 9.32 Å². The predicted molar refractivity (Wildman–Crippen MR) is 219 cm³/mol. The minimum absolute atomic E-state index is 0.196. The average Bonchev–Trinajstić information content (AvgIpc) is 3.76.